The van der Waals surface area contributed by atoms with E-state index in [0.29, 0.717) is 17.4 Å². The molecule has 1 heterocycles. The number of guanidine groups is 1. The molecule has 1 aromatic heterocycles. The van der Waals surface area contributed by atoms with Crippen LogP contribution in [0.25, 0.3) is 0 Å². The van der Waals surface area contributed by atoms with Crippen LogP contribution in [0, 0.1) is 20.8 Å². The molecular weight excluding hydrogens is 495 g/mol. The number of aliphatic imine (C=N–C) groups is 1. The first-order chi connectivity index (χ1) is 12.2. The summed E-state index contributed by atoms with van der Waals surface area (Å²) in [4.78, 5) is 10.3. The molecule has 0 amide bonds. The maximum Gasteiger partial charge on any atom is 0.191 e. The molecule has 2 aromatic rings. The molecule has 0 bridgehead atoms. The number of aryl methyl sites for hydroxylation is 3. The van der Waals surface area contributed by atoms with Gasteiger partial charge in [-0.3, -0.25) is 4.99 Å². The van der Waals surface area contributed by atoms with E-state index in [-0.39, 0.29) is 24.0 Å². The number of hydrogen-bond donors (Lipinski definition) is 2. The van der Waals surface area contributed by atoms with Gasteiger partial charge in [-0.15, -0.1) is 35.3 Å². The fraction of sp³-hybridized carbons (Fsp3) is 0.444. The molecule has 0 aliphatic carbocycles. The molecule has 6 nitrogen and oxygen atoms in total. The SMILES string of the molecule is CN=C(NCCc1sc(C)nc1C)NCc1ccc(S(C)(=O)=O)c(C)c1.I. The Balaban J connectivity index is 0.00000364. The van der Waals surface area contributed by atoms with Gasteiger partial charge in [-0.25, -0.2) is 13.4 Å². The Morgan fingerprint density at radius 1 is 1.22 bits per heavy atom. The first-order valence-corrected chi connectivity index (χ1v) is 11.1. The largest absolute Gasteiger partial charge is 0.356 e. The Hall–Kier alpha value is -1.20. The highest BCUT2D eigenvalue weighted by atomic mass is 127. The van der Waals surface area contributed by atoms with Crippen LogP contribution in [-0.4, -0.2) is 39.2 Å². The summed E-state index contributed by atoms with van der Waals surface area (Å²) in [5, 5.41) is 7.64. The average molecular weight is 522 g/mol. The Bertz CT molecular complexity index is 908. The Kier molecular flexibility index (Phi) is 9.16. The normalized spacial score (nSPS) is 11.8. The molecule has 0 saturated heterocycles. The summed E-state index contributed by atoms with van der Waals surface area (Å²) in [7, 11) is -1.46. The van der Waals surface area contributed by atoms with Gasteiger partial charge in [0.2, 0.25) is 0 Å². The van der Waals surface area contributed by atoms with Crippen LogP contribution < -0.4 is 10.6 Å². The highest BCUT2D eigenvalue weighted by Crippen LogP contribution is 2.17. The molecule has 0 fully saturated rings. The van der Waals surface area contributed by atoms with Gasteiger partial charge in [-0.05, 0) is 38.0 Å². The number of aromatic nitrogens is 1. The van der Waals surface area contributed by atoms with E-state index >= 15 is 0 Å². The number of hydrogen-bond acceptors (Lipinski definition) is 5. The van der Waals surface area contributed by atoms with E-state index in [0.717, 1.165) is 34.8 Å². The minimum absolute atomic E-state index is 0. The van der Waals surface area contributed by atoms with Gasteiger partial charge in [0.1, 0.15) is 0 Å². The maximum atomic E-state index is 11.7. The molecular formula is C18H27IN4O2S2. The summed E-state index contributed by atoms with van der Waals surface area (Å²) in [5.74, 6) is 0.716. The number of thiazole rings is 1. The third-order valence-electron chi connectivity index (χ3n) is 3.97. The molecule has 0 aliphatic heterocycles. The van der Waals surface area contributed by atoms with Crippen molar-refractivity contribution in [3.63, 3.8) is 0 Å². The monoisotopic (exact) mass is 522 g/mol. The van der Waals surface area contributed by atoms with Crippen LogP contribution in [0.15, 0.2) is 28.1 Å². The molecule has 27 heavy (non-hydrogen) atoms. The van der Waals surface area contributed by atoms with Crippen molar-refractivity contribution >= 4 is 51.1 Å². The van der Waals surface area contributed by atoms with Crippen LogP contribution in [-0.2, 0) is 22.8 Å². The van der Waals surface area contributed by atoms with Gasteiger partial charge in [-0.1, -0.05) is 12.1 Å². The number of benzene rings is 1. The van der Waals surface area contributed by atoms with Crippen molar-refractivity contribution in [2.45, 2.75) is 38.6 Å². The van der Waals surface area contributed by atoms with E-state index in [9.17, 15) is 8.42 Å². The highest BCUT2D eigenvalue weighted by Gasteiger charge is 2.11. The van der Waals surface area contributed by atoms with Crippen LogP contribution in [0.3, 0.4) is 0 Å². The summed E-state index contributed by atoms with van der Waals surface area (Å²) < 4.78 is 23.4. The van der Waals surface area contributed by atoms with Crippen LogP contribution in [0.1, 0.15) is 26.7 Å². The van der Waals surface area contributed by atoms with Crippen LogP contribution in [0.2, 0.25) is 0 Å². The lowest BCUT2D eigenvalue weighted by Crippen LogP contribution is -2.37. The third-order valence-corrected chi connectivity index (χ3v) is 6.36. The number of nitrogens with one attached hydrogen (secondary N) is 2. The molecule has 150 valence electrons. The predicted octanol–water partition coefficient (Wildman–Crippen LogP) is 3.00. The zero-order valence-corrected chi connectivity index (χ0v) is 20.3. The summed E-state index contributed by atoms with van der Waals surface area (Å²) in [6, 6.07) is 5.38. The van der Waals surface area contributed by atoms with E-state index in [4.69, 9.17) is 0 Å². The van der Waals surface area contributed by atoms with Gasteiger partial charge >= 0.3 is 0 Å². The zero-order chi connectivity index (χ0) is 19.3. The van der Waals surface area contributed by atoms with Gasteiger partial charge in [0.05, 0.1) is 15.6 Å². The molecule has 0 atom stereocenters. The molecule has 0 spiro atoms. The van der Waals surface area contributed by atoms with Crippen LogP contribution in [0.4, 0.5) is 0 Å². The fourth-order valence-electron chi connectivity index (χ4n) is 2.74. The van der Waals surface area contributed by atoms with Gasteiger partial charge in [0, 0.05) is 37.7 Å². The van der Waals surface area contributed by atoms with Crippen molar-refractivity contribution in [3.05, 3.63) is 44.9 Å². The van der Waals surface area contributed by atoms with E-state index in [2.05, 4.69) is 20.6 Å². The molecule has 2 rings (SSSR count). The third kappa shape index (κ3) is 7.04. The maximum absolute atomic E-state index is 11.7. The van der Waals surface area contributed by atoms with Crippen molar-refractivity contribution in [2.24, 2.45) is 4.99 Å². The smallest absolute Gasteiger partial charge is 0.191 e. The molecule has 0 aliphatic rings. The lowest BCUT2D eigenvalue weighted by atomic mass is 10.1. The lowest BCUT2D eigenvalue weighted by Gasteiger charge is -2.13. The first-order valence-electron chi connectivity index (χ1n) is 8.37. The fourth-order valence-corrected chi connectivity index (χ4v) is 4.64. The first kappa shape index (κ1) is 23.8. The second-order valence-electron chi connectivity index (χ2n) is 6.22. The number of halogens is 1. The van der Waals surface area contributed by atoms with Gasteiger partial charge in [-0.2, -0.15) is 0 Å². The number of rotatable bonds is 6. The van der Waals surface area contributed by atoms with Gasteiger partial charge in [0.25, 0.3) is 0 Å². The standard InChI is InChI=1S/C18H26N4O2S2.HI/c1-12-10-15(6-7-17(12)26(5,23)24)11-21-18(19-4)20-9-8-16-13(2)22-14(3)25-16;/h6-7,10H,8-9,11H2,1-5H3,(H2,19,20,21);1H. The Labute approximate surface area is 182 Å². The van der Waals surface area contributed by atoms with Gasteiger partial charge in [0.15, 0.2) is 15.8 Å². The molecule has 2 N–H and O–H groups in total. The molecule has 0 saturated carbocycles. The minimum atomic E-state index is -3.19. The molecule has 1 aromatic carbocycles. The van der Waals surface area contributed by atoms with Gasteiger partial charge < -0.3 is 10.6 Å². The molecule has 0 radical (unpaired) electrons. The molecule has 0 unspecified atom stereocenters. The van der Waals surface area contributed by atoms with Crippen molar-refractivity contribution in [1.82, 2.24) is 15.6 Å². The predicted molar refractivity (Wildman–Crippen MR) is 123 cm³/mol. The van der Waals surface area contributed by atoms with Crippen molar-refractivity contribution < 1.29 is 8.42 Å². The van der Waals surface area contributed by atoms with E-state index < -0.39 is 9.84 Å². The van der Waals surface area contributed by atoms with E-state index in [1.807, 2.05) is 32.9 Å². The van der Waals surface area contributed by atoms with E-state index in [1.165, 1.54) is 11.1 Å². The Morgan fingerprint density at radius 3 is 2.44 bits per heavy atom. The summed E-state index contributed by atoms with van der Waals surface area (Å²) in [6.45, 7) is 7.21. The zero-order valence-electron chi connectivity index (χ0n) is 16.3. The van der Waals surface area contributed by atoms with Crippen LogP contribution >= 0.6 is 35.3 Å². The second kappa shape index (κ2) is 10.4. The van der Waals surface area contributed by atoms with Crippen molar-refractivity contribution in [1.29, 1.82) is 0 Å². The van der Waals surface area contributed by atoms with Crippen molar-refractivity contribution in [3.8, 4) is 0 Å². The molecule has 9 heteroatoms. The second-order valence-corrected chi connectivity index (χ2v) is 9.49. The quantitative estimate of drug-likeness (QED) is 0.346. The number of sulfone groups is 1. The minimum Gasteiger partial charge on any atom is -0.356 e. The Morgan fingerprint density at radius 2 is 1.93 bits per heavy atom. The summed E-state index contributed by atoms with van der Waals surface area (Å²) in [6.07, 6.45) is 2.13. The summed E-state index contributed by atoms with van der Waals surface area (Å²) in [5.41, 5.74) is 2.86. The topological polar surface area (TPSA) is 83.4 Å². The lowest BCUT2D eigenvalue weighted by molar-refractivity contribution is 0.601. The average Bonchev–Trinajstić information content (AvgIpc) is 2.87. The van der Waals surface area contributed by atoms with Crippen LogP contribution in [0.5, 0.6) is 0 Å². The number of nitrogens with zero attached hydrogens (tertiary/aromatic N) is 2. The van der Waals surface area contributed by atoms with Crippen molar-refractivity contribution in [2.75, 3.05) is 19.8 Å². The van der Waals surface area contributed by atoms with E-state index in [1.54, 1.807) is 24.5 Å². The summed E-state index contributed by atoms with van der Waals surface area (Å²) >= 11 is 1.73. The highest BCUT2D eigenvalue weighted by molar-refractivity contribution is 14.0.